The summed E-state index contributed by atoms with van der Waals surface area (Å²) >= 11 is 0. The average molecular weight is 634 g/mol. The van der Waals surface area contributed by atoms with Crippen LogP contribution < -0.4 is 5.73 Å². The lowest BCUT2D eigenvalue weighted by Crippen LogP contribution is -2.26. The third-order valence-electron chi connectivity index (χ3n) is 7.45. The van der Waals surface area contributed by atoms with Crippen molar-refractivity contribution in [3.63, 3.8) is 0 Å². The van der Waals surface area contributed by atoms with Crippen molar-refractivity contribution in [2.45, 2.75) is 154 Å². The molecule has 0 saturated carbocycles. The number of nitrogens with two attached hydrogens (primary N) is 1. The molecule has 256 valence electrons. The van der Waals surface area contributed by atoms with Gasteiger partial charge in [-0.25, -0.2) is 4.57 Å². The standard InChI is InChI=1S/C34H68NO7P/c1-3-4-5-6-7-8-9-10-11-12-13-14-15-16-17-18-19-20-21-22-23-24-25-26-27-34(39-2)32-40-30-33(36)31-42-43(37,38)41-29-28-35/h8-9,22-23,33-34,36H,3-7,10-21,24-32,35H2,1-2H3,(H,37,38)/b9-8-,23-22-/t33-,34?/m1/s1. The highest BCUT2D eigenvalue weighted by Crippen LogP contribution is 2.42. The van der Waals surface area contributed by atoms with Gasteiger partial charge < -0.3 is 25.2 Å². The van der Waals surface area contributed by atoms with Gasteiger partial charge in [-0.05, 0) is 57.8 Å². The van der Waals surface area contributed by atoms with Crippen LogP contribution in [0.3, 0.4) is 0 Å². The molecule has 0 bridgehead atoms. The van der Waals surface area contributed by atoms with Crippen molar-refractivity contribution in [2.75, 3.05) is 40.1 Å². The molecular weight excluding hydrogens is 565 g/mol. The van der Waals surface area contributed by atoms with E-state index in [0.29, 0.717) is 6.61 Å². The van der Waals surface area contributed by atoms with Gasteiger partial charge in [0.05, 0.1) is 32.5 Å². The van der Waals surface area contributed by atoms with Gasteiger partial charge in [-0.15, -0.1) is 0 Å². The van der Waals surface area contributed by atoms with Crippen molar-refractivity contribution in [2.24, 2.45) is 5.73 Å². The van der Waals surface area contributed by atoms with Crippen molar-refractivity contribution in [3.05, 3.63) is 24.3 Å². The maximum absolute atomic E-state index is 11.6. The van der Waals surface area contributed by atoms with Crippen LogP contribution in [-0.2, 0) is 23.1 Å². The van der Waals surface area contributed by atoms with Crippen LogP contribution in [0.2, 0.25) is 0 Å². The molecule has 0 amide bonds. The first-order valence-electron chi connectivity index (χ1n) is 17.4. The fourth-order valence-electron chi connectivity index (χ4n) is 4.77. The van der Waals surface area contributed by atoms with Crippen LogP contribution in [0.1, 0.15) is 142 Å². The Labute approximate surface area is 264 Å². The summed E-state index contributed by atoms with van der Waals surface area (Å²) < 4.78 is 31.9. The highest BCUT2D eigenvalue weighted by Gasteiger charge is 2.22. The zero-order chi connectivity index (χ0) is 31.7. The first-order chi connectivity index (χ1) is 20.9. The monoisotopic (exact) mass is 633 g/mol. The molecule has 0 aromatic heterocycles. The Kier molecular flexibility index (Phi) is 32.4. The Morgan fingerprint density at radius 1 is 0.674 bits per heavy atom. The first kappa shape index (κ1) is 42.4. The number of hydrogen-bond acceptors (Lipinski definition) is 7. The molecule has 0 fully saturated rings. The van der Waals surface area contributed by atoms with Gasteiger partial charge in [0.15, 0.2) is 0 Å². The van der Waals surface area contributed by atoms with Crippen LogP contribution in [0.4, 0.5) is 0 Å². The van der Waals surface area contributed by atoms with Gasteiger partial charge in [0.2, 0.25) is 0 Å². The molecule has 8 nitrogen and oxygen atoms in total. The number of aliphatic hydroxyl groups is 1. The summed E-state index contributed by atoms with van der Waals surface area (Å²) in [5.41, 5.74) is 5.22. The number of ether oxygens (including phenoxy) is 2. The molecule has 43 heavy (non-hydrogen) atoms. The van der Waals surface area contributed by atoms with Gasteiger partial charge in [-0.2, -0.15) is 0 Å². The van der Waals surface area contributed by atoms with E-state index in [-0.39, 0.29) is 32.5 Å². The first-order valence-corrected chi connectivity index (χ1v) is 18.8. The molecule has 9 heteroatoms. The number of aliphatic hydroxyl groups excluding tert-OH is 1. The van der Waals surface area contributed by atoms with Crippen molar-refractivity contribution < 1.29 is 33.1 Å². The van der Waals surface area contributed by atoms with Crippen LogP contribution in [0.5, 0.6) is 0 Å². The number of hydrogen-bond donors (Lipinski definition) is 3. The summed E-state index contributed by atoms with van der Waals surface area (Å²) in [4.78, 5) is 9.43. The minimum atomic E-state index is -4.19. The van der Waals surface area contributed by atoms with E-state index in [9.17, 15) is 14.6 Å². The molecule has 0 spiro atoms. The molecule has 0 radical (unpaired) electrons. The van der Waals surface area contributed by atoms with E-state index < -0.39 is 13.9 Å². The van der Waals surface area contributed by atoms with Crippen LogP contribution >= 0.6 is 7.82 Å². The largest absolute Gasteiger partial charge is 0.472 e. The van der Waals surface area contributed by atoms with Crippen LogP contribution in [-0.4, -0.2) is 62.3 Å². The number of allylic oxidation sites excluding steroid dienone is 4. The summed E-state index contributed by atoms with van der Waals surface area (Å²) in [6.45, 7) is 2.25. The van der Waals surface area contributed by atoms with Crippen LogP contribution in [0.25, 0.3) is 0 Å². The number of methoxy groups -OCH3 is 1. The quantitative estimate of drug-likeness (QED) is 0.0365. The van der Waals surface area contributed by atoms with E-state index in [4.69, 9.17) is 19.7 Å². The Morgan fingerprint density at radius 3 is 1.60 bits per heavy atom. The zero-order valence-electron chi connectivity index (χ0n) is 27.8. The molecular formula is C34H68NO7P. The molecule has 0 aliphatic heterocycles. The van der Waals surface area contributed by atoms with E-state index in [1.165, 1.54) is 109 Å². The average Bonchev–Trinajstić information content (AvgIpc) is 3.00. The number of rotatable bonds is 34. The number of phosphoric acid groups is 1. The second kappa shape index (κ2) is 32.8. The third-order valence-corrected chi connectivity index (χ3v) is 8.43. The molecule has 0 heterocycles. The fraction of sp³-hybridized carbons (Fsp3) is 0.882. The molecule has 0 aromatic rings. The molecule has 0 aliphatic carbocycles. The predicted octanol–water partition coefficient (Wildman–Crippen LogP) is 8.80. The Hall–Kier alpha value is -0.570. The summed E-state index contributed by atoms with van der Waals surface area (Å²) in [5, 5.41) is 9.88. The van der Waals surface area contributed by atoms with Gasteiger partial charge in [0.25, 0.3) is 0 Å². The fourth-order valence-corrected chi connectivity index (χ4v) is 5.54. The normalized spacial score (nSPS) is 15.0. The molecule has 0 saturated heterocycles. The van der Waals surface area contributed by atoms with Crippen molar-refractivity contribution in [1.82, 2.24) is 0 Å². The highest BCUT2D eigenvalue weighted by molar-refractivity contribution is 7.47. The van der Waals surface area contributed by atoms with Crippen LogP contribution in [0, 0.1) is 0 Å². The second-order valence-electron chi connectivity index (χ2n) is 11.6. The lowest BCUT2D eigenvalue weighted by Gasteiger charge is -2.18. The maximum Gasteiger partial charge on any atom is 0.472 e. The topological polar surface area (TPSA) is 120 Å². The Morgan fingerprint density at radius 2 is 1.14 bits per heavy atom. The second-order valence-corrected chi connectivity index (χ2v) is 13.1. The van der Waals surface area contributed by atoms with E-state index in [2.05, 4.69) is 35.8 Å². The minimum absolute atomic E-state index is 0.0168. The lowest BCUT2D eigenvalue weighted by atomic mass is 10.0. The summed E-state index contributed by atoms with van der Waals surface area (Å²) in [6.07, 6.45) is 35.4. The lowest BCUT2D eigenvalue weighted by molar-refractivity contribution is -0.0385. The highest BCUT2D eigenvalue weighted by atomic mass is 31.2. The van der Waals surface area contributed by atoms with Crippen molar-refractivity contribution in [3.8, 4) is 0 Å². The van der Waals surface area contributed by atoms with E-state index in [0.717, 1.165) is 25.7 Å². The molecule has 0 aliphatic rings. The van der Waals surface area contributed by atoms with Gasteiger partial charge in [-0.1, -0.05) is 108 Å². The maximum atomic E-state index is 11.6. The van der Waals surface area contributed by atoms with Gasteiger partial charge in [0, 0.05) is 13.7 Å². The van der Waals surface area contributed by atoms with Gasteiger partial charge in [0.1, 0.15) is 6.10 Å². The smallest absolute Gasteiger partial charge is 0.388 e. The van der Waals surface area contributed by atoms with Crippen molar-refractivity contribution >= 4 is 7.82 Å². The molecule has 0 aromatic carbocycles. The van der Waals surface area contributed by atoms with E-state index in [1.54, 1.807) is 7.11 Å². The van der Waals surface area contributed by atoms with E-state index in [1.807, 2.05) is 0 Å². The van der Waals surface area contributed by atoms with Crippen molar-refractivity contribution in [1.29, 1.82) is 0 Å². The predicted molar refractivity (Wildman–Crippen MR) is 179 cm³/mol. The summed E-state index contributed by atoms with van der Waals surface area (Å²) in [6, 6.07) is 0. The van der Waals surface area contributed by atoms with Crippen LogP contribution in [0.15, 0.2) is 24.3 Å². The SMILES string of the molecule is CCCCCC/C=C\CCCCCCCCCCCC/C=C\CCCCC(COC[C@@H](O)COP(=O)(O)OCCN)OC. The molecule has 3 atom stereocenters. The van der Waals surface area contributed by atoms with Gasteiger partial charge >= 0.3 is 7.82 Å². The Bertz CT molecular complexity index is 677. The summed E-state index contributed by atoms with van der Waals surface area (Å²) in [7, 11) is -2.54. The molecule has 2 unspecified atom stereocenters. The van der Waals surface area contributed by atoms with E-state index >= 15 is 0 Å². The number of unbranched alkanes of at least 4 members (excludes halogenated alkanes) is 17. The Balaban J connectivity index is 3.48. The molecule has 0 rings (SSSR count). The third kappa shape index (κ3) is 32.6. The minimum Gasteiger partial charge on any atom is -0.388 e. The number of phosphoric ester groups is 1. The summed E-state index contributed by atoms with van der Waals surface area (Å²) in [5.74, 6) is 0. The zero-order valence-corrected chi connectivity index (χ0v) is 28.7. The van der Waals surface area contributed by atoms with Gasteiger partial charge in [-0.3, -0.25) is 9.05 Å². The molecule has 4 N–H and O–H groups in total.